The third kappa shape index (κ3) is 4.82. The molecule has 192 valence electrons. The lowest BCUT2D eigenvalue weighted by atomic mass is 9.87. The largest absolute Gasteiger partial charge is 0.338 e. The number of imidazole rings is 1. The first-order chi connectivity index (χ1) is 18.1. The van der Waals surface area contributed by atoms with Gasteiger partial charge in [0.25, 0.3) is 5.91 Å². The minimum Gasteiger partial charge on any atom is -0.338 e. The molecule has 37 heavy (non-hydrogen) atoms. The van der Waals surface area contributed by atoms with Crippen molar-refractivity contribution in [3.63, 3.8) is 0 Å². The summed E-state index contributed by atoms with van der Waals surface area (Å²) >= 11 is 1.73. The molecule has 2 aliphatic rings. The maximum absolute atomic E-state index is 13.8. The second-order valence-electron chi connectivity index (χ2n) is 10.5. The molecule has 2 aliphatic heterocycles. The number of likely N-dealkylation sites (tertiary alicyclic amines) is 2. The highest BCUT2D eigenvalue weighted by Crippen LogP contribution is 2.37. The number of carbonyl (C=O) groups excluding carboxylic acids is 1. The van der Waals surface area contributed by atoms with Gasteiger partial charge in [-0.05, 0) is 96.9 Å². The standard InChI is InChI=1S/C30H33FN4OS/c1-2-34-20-32-29-26(4-3-5-28(29)34)30(36)35-17-24(27(18-35)23-12-15-37-19-23)16-33-13-10-22(11-14-33)21-6-8-25(31)9-7-21/h3-9,12,15,19-20,22,24,27H,2,10-11,13-14,16-18H2,1H3. The number of hydrogen-bond donors (Lipinski definition) is 0. The first-order valence-electron chi connectivity index (χ1n) is 13.3. The van der Waals surface area contributed by atoms with Crippen LogP contribution in [0.3, 0.4) is 0 Å². The van der Waals surface area contributed by atoms with Crippen molar-refractivity contribution in [3.05, 3.63) is 88.1 Å². The Hall–Kier alpha value is -3.03. The Morgan fingerprint density at radius 2 is 1.86 bits per heavy atom. The van der Waals surface area contributed by atoms with Gasteiger partial charge in [0.1, 0.15) is 11.3 Å². The Kier molecular flexibility index (Phi) is 6.82. The molecule has 5 nitrogen and oxygen atoms in total. The van der Waals surface area contributed by atoms with Crippen LogP contribution in [0.2, 0.25) is 0 Å². The topological polar surface area (TPSA) is 41.4 Å². The fourth-order valence-corrected chi connectivity index (χ4v) is 7.01. The van der Waals surface area contributed by atoms with Gasteiger partial charge in [-0.25, -0.2) is 9.37 Å². The molecule has 0 spiro atoms. The van der Waals surface area contributed by atoms with Crippen molar-refractivity contribution in [3.8, 4) is 0 Å². The Balaban J connectivity index is 1.17. The van der Waals surface area contributed by atoms with Crippen molar-refractivity contribution < 1.29 is 9.18 Å². The third-order valence-electron chi connectivity index (χ3n) is 8.34. The van der Waals surface area contributed by atoms with E-state index < -0.39 is 0 Å². The van der Waals surface area contributed by atoms with Gasteiger partial charge in [0, 0.05) is 32.1 Å². The molecule has 2 saturated heterocycles. The van der Waals surface area contributed by atoms with E-state index in [9.17, 15) is 9.18 Å². The number of rotatable bonds is 6. The minimum absolute atomic E-state index is 0.0877. The fourth-order valence-electron chi connectivity index (χ4n) is 6.28. The lowest BCUT2D eigenvalue weighted by Gasteiger charge is -2.34. The lowest BCUT2D eigenvalue weighted by Crippen LogP contribution is -2.38. The van der Waals surface area contributed by atoms with Crippen molar-refractivity contribution in [2.24, 2.45) is 5.92 Å². The van der Waals surface area contributed by atoms with Gasteiger partial charge in [-0.15, -0.1) is 0 Å². The summed E-state index contributed by atoms with van der Waals surface area (Å²) in [6.07, 6.45) is 4.01. The first-order valence-corrected chi connectivity index (χ1v) is 14.3. The van der Waals surface area contributed by atoms with Crippen molar-refractivity contribution in [2.75, 3.05) is 32.7 Å². The highest BCUT2D eigenvalue weighted by molar-refractivity contribution is 7.08. The molecule has 2 atom stereocenters. The maximum atomic E-state index is 13.8. The smallest absolute Gasteiger partial charge is 0.256 e. The molecule has 2 aromatic heterocycles. The van der Waals surface area contributed by atoms with E-state index in [2.05, 4.69) is 43.1 Å². The molecule has 0 aliphatic carbocycles. The molecule has 6 rings (SSSR count). The highest BCUT2D eigenvalue weighted by atomic mass is 32.1. The van der Waals surface area contributed by atoms with Crippen LogP contribution >= 0.6 is 11.3 Å². The Morgan fingerprint density at radius 1 is 1.05 bits per heavy atom. The van der Waals surface area contributed by atoms with Gasteiger partial charge < -0.3 is 14.4 Å². The number of nitrogens with zero attached hydrogens (tertiary/aromatic N) is 4. The molecule has 4 aromatic rings. The number of halogens is 1. The molecule has 0 N–H and O–H groups in total. The Bertz CT molecular complexity index is 1360. The summed E-state index contributed by atoms with van der Waals surface area (Å²) < 4.78 is 15.4. The summed E-state index contributed by atoms with van der Waals surface area (Å²) in [5.74, 6) is 1.15. The molecule has 0 saturated carbocycles. The summed E-state index contributed by atoms with van der Waals surface area (Å²) in [6, 6.07) is 15.2. The van der Waals surface area contributed by atoms with Crippen LogP contribution in [0.4, 0.5) is 4.39 Å². The number of carbonyl (C=O) groups is 1. The molecule has 7 heteroatoms. The quantitative estimate of drug-likeness (QED) is 0.316. The first kappa shape index (κ1) is 24.3. The van der Waals surface area contributed by atoms with E-state index in [-0.39, 0.29) is 11.7 Å². The van der Waals surface area contributed by atoms with Gasteiger partial charge in [0.05, 0.1) is 17.4 Å². The van der Waals surface area contributed by atoms with Crippen LogP contribution in [0, 0.1) is 11.7 Å². The van der Waals surface area contributed by atoms with Crippen LogP contribution in [0.15, 0.2) is 65.6 Å². The number of thiophene rings is 1. The average molecular weight is 517 g/mol. The zero-order valence-corrected chi connectivity index (χ0v) is 22.0. The zero-order chi connectivity index (χ0) is 25.4. The number of piperidine rings is 1. The minimum atomic E-state index is -0.170. The second kappa shape index (κ2) is 10.4. The van der Waals surface area contributed by atoms with Gasteiger partial charge in [-0.1, -0.05) is 18.2 Å². The predicted molar refractivity (Wildman–Crippen MR) is 147 cm³/mol. The van der Waals surface area contributed by atoms with E-state index in [1.54, 1.807) is 23.5 Å². The van der Waals surface area contributed by atoms with E-state index in [1.165, 1.54) is 11.1 Å². The molecule has 2 fully saturated rings. The molecule has 2 aromatic carbocycles. The van der Waals surface area contributed by atoms with Crippen molar-refractivity contribution >= 4 is 28.3 Å². The van der Waals surface area contributed by atoms with Crippen molar-refractivity contribution in [1.82, 2.24) is 19.4 Å². The molecular formula is C30H33FN4OS. The van der Waals surface area contributed by atoms with Gasteiger partial charge in [-0.3, -0.25) is 4.79 Å². The van der Waals surface area contributed by atoms with Gasteiger partial charge in [0.2, 0.25) is 0 Å². The van der Waals surface area contributed by atoms with Crippen LogP contribution in [0.5, 0.6) is 0 Å². The summed E-state index contributed by atoms with van der Waals surface area (Å²) in [5.41, 5.74) is 5.11. The lowest BCUT2D eigenvalue weighted by molar-refractivity contribution is 0.0783. The van der Waals surface area contributed by atoms with Gasteiger partial charge in [0.15, 0.2) is 0 Å². The van der Waals surface area contributed by atoms with Gasteiger partial charge in [-0.2, -0.15) is 11.3 Å². The van der Waals surface area contributed by atoms with Crippen LogP contribution in [-0.4, -0.2) is 58.0 Å². The summed E-state index contributed by atoms with van der Waals surface area (Å²) in [4.78, 5) is 23.0. The molecular weight excluding hydrogens is 483 g/mol. The van der Waals surface area contributed by atoms with Gasteiger partial charge >= 0.3 is 0 Å². The zero-order valence-electron chi connectivity index (χ0n) is 21.2. The van der Waals surface area contributed by atoms with Crippen LogP contribution in [-0.2, 0) is 6.54 Å². The van der Waals surface area contributed by atoms with E-state index in [1.807, 2.05) is 36.7 Å². The summed E-state index contributed by atoms with van der Waals surface area (Å²) in [6.45, 7) is 7.51. The number of amides is 1. The second-order valence-corrected chi connectivity index (χ2v) is 11.2. The molecule has 1 amide bonds. The Morgan fingerprint density at radius 3 is 2.59 bits per heavy atom. The SMILES string of the molecule is CCn1cnc2c(C(=O)N3CC(CN4CCC(c5ccc(F)cc5)CC4)C(c4ccsc4)C3)cccc21. The number of aryl methyl sites for hydroxylation is 1. The van der Waals surface area contributed by atoms with E-state index in [0.29, 0.717) is 23.3 Å². The Labute approximate surface area is 221 Å². The van der Waals surface area contributed by atoms with E-state index >= 15 is 0 Å². The predicted octanol–water partition coefficient (Wildman–Crippen LogP) is 5.99. The summed E-state index contributed by atoms with van der Waals surface area (Å²) in [5, 5.41) is 4.39. The molecule has 4 heterocycles. The van der Waals surface area contributed by atoms with Crippen LogP contribution in [0.1, 0.15) is 53.1 Å². The van der Waals surface area contributed by atoms with E-state index in [0.717, 1.165) is 63.1 Å². The van der Waals surface area contributed by atoms with Crippen molar-refractivity contribution in [2.45, 2.75) is 38.1 Å². The fraction of sp³-hybridized carbons (Fsp3) is 0.400. The molecule has 0 radical (unpaired) electrons. The number of fused-ring (bicyclic) bond motifs is 1. The highest BCUT2D eigenvalue weighted by Gasteiger charge is 2.38. The third-order valence-corrected chi connectivity index (χ3v) is 9.04. The van der Waals surface area contributed by atoms with E-state index in [4.69, 9.17) is 0 Å². The molecule has 2 unspecified atom stereocenters. The maximum Gasteiger partial charge on any atom is 0.256 e. The van der Waals surface area contributed by atoms with Crippen LogP contribution < -0.4 is 0 Å². The monoisotopic (exact) mass is 516 g/mol. The average Bonchev–Trinajstić information content (AvgIpc) is 3.69. The molecule has 0 bridgehead atoms. The number of para-hydroxylation sites is 1. The normalized spacial score (nSPS) is 21.2. The summed E-state index contributed by atoms with van der Waals surface area (Å²) in [7, 11) is 0. The number of aromatic nitrogens is 2. The number of hydrogen-bond acceptors (Lipinski definition) is 4. The van der Waals surface area contributed by atoms with Crippen LogP contribution in [0.25, 0.3) is 11.0 Å². The van der Waals surface area contributed by atoms with Crippen molar-refractivity contribution in [1.29, 1.82) is 0 Å². The number of benzene rings is 2.